The van der Waals surface area contributed by atoms with Crippen LogP contribution in [0.2, 0.25) is 0 Å². The van der Waals surface area contributed by atoms with Crippen molar-refractivity contribution in [1.82, 2.24) is 10.2 Å². The van der Waals surface area contributed by atoms with E-state index in [0.29, 0.717) is 12.5 Å². The van der Waals surface area contributed by atoms with Crippen LogP contribution in [0.5, 0.6) is 0 Å². The monoisotopic (exact) mass is 330 g/mol. The Balaban J connectivity index is 1.51. The Labute approximate surface area is 145 Å². The first-order valence-corrected chi connectivity index (χ1v) is 9.40. The molecule has 1 fully saturated rings. The smallest absolute Gasteiger partial charge is 0.234 e. The maximum atomic E-state index is 12.3. The minimum absolute atomic E-state index is 0.0553. The highest BCUT2D eigenvalue weighted by Crippen LogP contribution is 2.24. The van der Waals surface area contributed by atoms with Crippen LogP contribution < -0.4 is 5.32 Å². The molecule has 1 aromatic carbocycles. The molecule has 0 bridgehead atoms. The number of hydrogen-bond acceptors (Lipinski definition) is 3. The first-order valence-electron chi connectivity index (χ1n) is 9.40. The minimum atomic E-state index is 0.0553. The van der Waals surface area contributed by atoms with Crippen molar-refractivity contribution in [1.29, 1.82) is 0 Å². The normalized spacial score (nSPS) is 20.4. The van der Waals surface area contributed by atoms with Gasteiger partial charge in [-0.1, -0.05) is 18.2 Å². The molecule has 2 aliphatic rings. The second-order valence-corrected chi connectivity index (χ2v) is 7.43. The average molecular weight is 330 g/mol. The SMILES string of the molecule is CC(NC(=O)CN1CCC(CO)CC1)c1ccc2c(c1)CCCC2. The van der Waals surface area contributed by atoms with E-state index >= 15 is 0 Å². The summed E-state index contributed by atoms with van der Waals surface area (Å²) in [6, 6.07) is 6.75. The van der Waals surface area contributed by atoms with Crippen molar-refractivity contribution in [3.63, 3.8) is 0 Å². The van der Waals surface area contributed by atoms with Crippen LogP contribution in [0.15, 0.2) is 18.2 Å². The second kappa shape index (κ2) is 8.13. The van der Waals surface area contributed by atoms with Gasteiger partial charge in [0.2, 0.25) is 5.91 Å². The number of amides is 1. The van der Waals surface area contributed by atoms with Crippen LogP contribution in [0, 0.1) is 5.92 Å². The van der Waals surface area contributed by atoms with Crippen molar-refractivity contribution in [2.75, 3.05) is 26.2 Å². The molecule has 1 amide bonds. The standard InChI is InChI=1S/C20H30N2O2/c1-15(18-7-6-17-4-2-3-5-19(17)12-18)21-20(24)13-22-10-8-16(14-23)9-11-22/h6-7,12,15-16,23H,2-5,8-11,13-14H2,1H3,(H,21,24). The summed E-state index contributed by atoms with van der Waals surface area (Å²) >= 11 is 0. The quantitative estimate of drug-likeness (QED) is 0.872. The van der Waals surface area contributed by atoms with Gasteiger partial charge in [-0.25, -0.2) is 0 Å². The van der Waals surface area contributed by atoms with Gasteiger partial charge in [-0.15, -0.1) is 0 Å². The van der Waals surface area contributed by atoms with Crippen molar-refractivity contribution in [2.45, 2.75) is 51.5 Å². The third-order valence-corrected chi connectivity index (χ3v) is 5.58. The van der Waals surface area contributed by atoms with Gasteiger partial charge in [-0.2, -0.15) is 0 Å². The molecule has 3 rings (SSSR count). The number of piperidine rings is 1. The summed E-state index contributed by atoms with van der Waals surface area (Å²) < 4.78 is 0. The van der Waals surface area contributed by atoms with E-state index in [1.807, 2.05) is 0 Å². The summed E-state index contributed by atoms with van der Waals surface area (Å²) in [4.78, 5) is 14.5. The Morgan fingerprint density at radius 1 is 1.25 bits per heavy atom. The molecule has 1 heterocycles. The molecule has 24 heavy (non-hydrogen) atoms. The molecule has 1 aliphatic carbocycles. The molecule has 4 heteroatoms. The highest BCUT2D eigenvalue weighted by molar-refractivity contribution is 5.78. The number of likely N-dealkylation sites (tertiary alicyclic amines) is 1. The number of carbonyl (C=O) groups excluding carboxylic acids is 1. The summed E-state index contributed by atoms with van der Waals surface area (Å²) in [6.07, 6.45) is 6.92. The zero-order chi connectivity index (χ0) is 16.9. The van der Waals surface area contributed by atoms with Crippen LogP contribution in [-0.2, 0) is 17.6 Å². The third kappa shape index (κ3) is 4.37. The lowest BCUT2D eigenvalue weighted by Gasteiger charge is -2.30. The van der Waals surface area contributed by atoms with Gasteiger partial charge in [0, 0.05) is 6.61 Å². The van der Waals surface area contributed by atoms with Gasteiger partial charge in [0.25, 0.3) is 0 Å². The summed E-state index contributed by atoms with van der Waals surface area (Å²) in [6.45, 7) is 4.63. The number of aliphatic hydroxyl groups excluding tert-OH is 1. The Morgan fingerprint density at radius 2 is 1.96 bits per heavy atom. The molecule has 2 N–H and O–H groups in total. The Bertz CT molecular complexity index is 565. The van der Waals surface area contributed by atoms with Crippen LogP contribution in [0.4, 0.5) is 0 Å². The molecule has 0 spiro atoms. The fourth-order valence-electron chi connectivity index (χ4n) is 3.92. The zero-order valence-corrected chi connectivity index (χ0v) is 14.8. The van der Waals surface area contributed by atoms with Gasteiger partial charge in [0.15, 0.2) is 0 Å². The topological polar surface area (TPSA) is 52.6 Å². The summed E-state index contributed by atoms with van der Waals surface area (Å²) in [5.74, 6) is 0.515. The molecule has 0 aromatic heterocycles. The number of fused-ring (bicyclic) bond motifs is 1. The van der Waals surface area contributed by atoms with E-state index < -0.39 is 0 Å². The lowest BCUT2D eigenvalue weighted by molar-refractivity contribution is -0.123. The predicted octanol–water partition coefficient (Wildman–Crippen LogP) is 2.45. The molecule has 4 nitrogen and oxygen atoms in total. The number of nitrogens with zero attached hydrogens (tertiary/aromatic N) is 1. The van der Waals surface area contributed by atoms with Gasteiger partial charge in [0.05, 0.1) is 12.6 Å². The number of carbonyl (C=O) groups is 1. The van der Waals surface area contributed by atoms with E-state index in [0.717, 1.165) is 25.9 Å². The maximum absolute atomic E-state index is 12.3. The van der Waals surface area contributed by atoms with Crippen molar-refractivity contribution in [2.24, 2.45) is 5.92 Å². The molecule has 132 valence electrons. The number of rotatable bonds is 5. The van der Waals surface area contributed by atoms with Crippen LogP contribution in [0.25, 0.3) is 0 Å². The largest absolute Gasteiger partial charge is 0.396 e. The Kier molecular flexibility index (Phi) is 5.90. The highest BCUT2D eigenvalue weighted by atomic mass is 16.3. The molecule has 1 aliphatic heterocycles. The number of benzene rings is 1. The van der Waals surface area contributed by atoms with Crippen molar-refractivity contribution < 1.29 is 9.90 Å². The van der Waals surface area contributed by atoms with Crippen molar-refractivity contribution in [3.05, 3.63) is 34.9 Å². The Morgan fingerprint density at radius 3 is 2.67 bits per heavy atom. The molecule has 1 aromatic rings. The average Bonchev–Trinajstić information content (AvgIpc) is 2.61. The van der Waals surface area contributed by atoms with Gasteiger partial charge in [-0.05, 0) is 81.1 Å². The number of aryl methyl sites for hydroxylation is 2. The third-order valence-electron chi connectivity index (χ3n) is 5.58. The van der Waals surface area contributed by atoms with E-state index in [1.165, 1.54) is 42.4 Å². The lowest BCUT2D eigenvalue weighted by atomic mass is 9.89. The van der Waals surface area contributed by atoms with Gasteiger partial charge >= 0.3 is 0 Å². The Hall–Kier alpha value is -1.39. The molecule has 0 radical (unpaired) electrons. The van der Waals surface area contributed by atoms with Crippen LogP contribution in [-0.4, -0.2) is 42.2 Å². The van der Waals surface area contributed by atoms with Crippen molar-refractivity contribution in [3.8, 4) is 0 Å². The van der Waals surface area contributed by atoms with E-state index in [9.17, 15) is 9.90 Å². The van der Waals surface area contributed by atoms with Crippen LogP contribution in [0.1, 0.15) is 55.3 Å². The molecule has 1 atom stereocenters. The number of hydrogen-bond donors (Lipinski definition) is 2. The summed E-state index contributed by atoms with van der Waals surface area (Å²) in [5, 5.41) is 12.3. The summed E-state index contributed by atoms with van der Waals surface area (Å²) in [5.41, 5.74) is 4.16. The number of nitrogens with one attached hydrogen (secondary N) is 1. The predicted molar refractivity (Wildman–Crippen MR) is 95.9 cm³/mol. The molecule has 1 saturated heterocycles. The highest BCUT2D eigenvalue weighted by Gasteiger charge is 2.21. The minimum Gasteiger partial charge on any atom is -0.396 e. The molecular weight excluding hydrogens is 300 g/mol. The van der Waals surface area contributed by atoms with Gasteiger partial charge in [-0.3, -0.25) is 9.69 Å². The number of aliphatic hydroxyl groups is 1. The first-order chi connectivity index (χ1) is 11.7. The fraction of sp³-hybridized carbons (Fsp3) is 0.650. The molecular formula is C20H30N2O2. The van der Waals surface area contributed by atoms with E-state index in [1.54, 1.807) is 0 Å². The van der Waals surface area contributed by atoms with E-state index in [-0.39, 0.29) is 18.6 Å². The van der Waals surface area contributed by atoms with Crippen LogP contribution in [0.3, 0.4) is 0 Å². The van der Waals surface area contributed by atoms with Crippen molar-refractivity contribution >= 4 is 5.91 Å². The molecule has 0 saturated carbocycles. The van der Waals surface area contributed by atoms with E-state index in [2.05, 4.69) is 35.3 Å². The summed E-state index contributed by atoms with van der Waals surface area (Å²) in [7, 11) is 0. The van der Waals surface area contributed by atoms with E-state index in [4.69, 9.17) is 0 Å². The van der Waals surface area contributed by atoms with Gasteiger partial charge in [0.1, 0.15) is 0 Å². The van der Waals surface area contributed by atoms with Gasteiger partial charge < -0.3 is 10.4 Å². The zero-order valence-electron chi connectivity index (χ0n) is 14.8. The first kappa shape index (κ1) is 17.4. The maximum Gasteiger partial charge on any atom is 0.234 e. The molecule has 1 unspecified atom stereocenters. The fourth-order valence-corrected chi connectivity index (χ4v) is 3.92. The van der Waals surface area contributed by atoms with Crippen LogP contribution >= 0.6 is 0 Å². The lowest BCUT2D eigenvalue weighted by Crippen LogP contribution is -2.42. The second-order valence-electron chi connectivity index (χ2n) is 7.43.